The summed E-state index contributed by atoms with van der Waals surface area (Å²) in [6, 6.07) is 26.7. The maximum absolute atomic E-state index is 6.57. The molecule has 30 heavy (non-hydrogen) atoms. The van der Waals surface area contributed by atoms with E-state index in [1.54, 1.807) is 7.11 Å². The fourth-order valence-electron chi connectivity index (χ4n) is 3.54. The molecule has 0 fully saturated rings. The molecule has 4 aromatic carbocycles. The van der Waals surface area contributed by atoms with Gasteiger partial charge in [-0.05, 0) is 58.7 Å². The van der Waals surface area contributed by atoms with Crippen LogP contribution in [0.15, 0.2) is 78.9 Å². The minimum Gasteiger partial charge on any atom is -0.493 e. The SMILES string of the molecule is COc1cc(CNc2cccc(C)c2)cc(Cl)c1OCc1cccc2ccccc12. The van der Waals surface area contributed by atoms with Gasteiger partial charge < -0.3 is 14.8 Å². The van der Waals surface area contributed by atoms with E-state index in [1.165, 1.54) is 16.3 Å². The minimum atomic E-state index is 0.415. The lowest BCUT2D eigenvalue weighted by atomic mass is 10.1. The third-order valence-electron chi connectivity index (χ3n) is 5.06. The summed E-state index contributed by atoms with van der Waals surface area (Å²) in [5, 5.41) is 6.32. The van der Waals surface area contributed by atoms with Gasteiger partial charge in [0.1, 0.15) is 6.61 Å². The highest BCUT2D eigenvalue weighted by molar-refractivity contribution is 6.32. The lowest BCUT2D eigenvalue weighted by Gasteiger charge is -2.16. The number of rotatable bonds is 7. The predicted octanol–water partition coefficient (Wildman–Crippen LogP) is 7.00. The van der Waals surface area contributed by atoms with Crippen LogP contribution in [0.25, 0.3) is 10.8 Å². The molecule has 0 saturated heterocycles. The van der Waals surface area contributed by atoms with E-state index in [1.807, 2.05) is 42.5 Å². The molecule has 3 nitrogen and oxygen atoms in total. The Hall–Kier alpha value is -3.17. The van der Waals surface area contributed by atoms with Gasteiger partial charge >= 0.3 is 0 Å². The summed E-state index contributed by atoms with van der Waals surface area (Å²) in [7, 11) is 1.63. The van der Waals surface area contributed by atoms with Crippen LogP contribution < -0.4 is 14.8 Å². The summed E-state index contributed by atoms with van der Waals surface area (Å²) in [6.07, 6.45) is 0. The maximum atomic E-state index is 6.57. The molecule has 0 aliphatic heterocycles. The summed E-state index contributed by atoms with van der Waals surface area (Å²) in [5.74, 6) is 1.19. The van der Waals surface area contributed by atoms with Crippen LogP contribution in [-0.4, -0.2) is 7.11 Å². The van der Waals surface area contributed by atoms with Crippen molar-refractivity contribution in [3.63, 3.8) is 0 Å². The van der Waals surface area contributed by atoms with E-state index in [9.17, 15) is 0 Å². The summed E-state index contributed by atoms with van der Waals surface area (Å²) in [6.45, 7) is 3.13. The van der Waals surface area contributed by atoms with Crippen molar-refractivity contribution in [3.05, 3.63) is 101 Å². The van der Waals surface area contributed by atoms with E-state index in [4.69, 9.17) is 21.1 Å². The van der Waals surface area contributed by atoms with Crippen molar-refractivity contribution >= 4 is 28.1 Å². The van der Waals surface area contributed by atoms with Crippen molar-refractivity contribution in [3.8, 4) is 11.5 Å². The topological polar surface area (TPSA) is 30.5 Å². The first-order valence-electron chi connectivity index (χ1n) is 9.90. The second-order valence-corrected chi connectivity index (χ2v) is 7.67. The zero-order valence-electron chi connectivity index (χ0n) is 17.1. The predicted molar refractivity (Wildman–Crippen MR) is 125 cm³/mol. The molecule has 4 heteroatoms. The fraction of sp³-hybridized carbons (Fsp3) is 0.154. The smallest absolute Gasteiger partial charge is 0.180 e. The zero-order chi connectivity index (χ0) is 20.9. The number of methoxy groups -OCH3 is 1. The average molecular weight is 418 g/mol. The van der Waals surface area contributed by atoms with Crippen molar-refractivity contribution < 1.29 is 9.47 Å². The molecule has 0 aliphatic carbocycles. The Labute approximate surface area is 182 Å². The number of anilines is 1. The van der Waals surface area contributed by atoms with Gasteiger partial charge in [0, 0.05) is 12.2 Å². The monoisotopic (exact) mass is 417 g/mol. The van der Waals surface area contributed by atoms with Crippen molar-refractivity contribution in [2.24, 2.45) is 0 Å². The number of ether oxygens (including phenoxy) is 2. The highest BCUT2D eigenvalue weighted by Gasteiger charge is 2.13. The molecule has 0 aliphatic rings. The molecule has 0 bridgehead atoms. The summed E-state index contributed by atoms with van der Waals surface area (Å²) >= 11 is 6.57. The van der Waals surface area contributed by atoms with Crippen molar-refractivity contribution in [1.29, 1.82) is 0 Å². The van der Waals surface area contributed by atoms with Gasteiger partial charge in [-0.3, -0.25) is 0 Å². The van der Waals surface area contributed by atoms with Crippen LogP contribution in [0.4, 0.5) is 5.69 Å². The van der Waals surface area contributed by atoms with Crippen LogP contribution in [0.2, 0.25) is 5.02 Å². The quantitative estimate of drug-likeness (QED) is 0.351. The Morgan fingerprint density at radius 1 is 0.900 bits per heavy atom. The number of halogens is 1. The van der Waals surface area contributed by atoms with Crippen LogP contribution in [-0.2, 0) is 13.2 Å². The Morgan fingerprint density at radius 2 is 1.70 bits per heavy atom. The summed E-state index contributed by atoms with van der Waals surface area (Å²) in [4.78, 5) is 0. The maximum Gasteiger partial charge on any atom is 0.180 e. The van der Waals surface area contributed by atoms with Crippen LogP contribution in [0.1, 0.15) is 16.7 Å². The van der Waals surface area contributed by atoms with Gasteiger partial charge in [-0.2, -0.15) is 0 Å². The number of nitrogens with one attached hydrogen (secondary N) is 1. The Balaban J connectivity index is 1.52. The Kier molecular flexibility index (Phi) is 6.10. The Morgan fingerprint density at radius 3 is 2.53 bits per heavy atom. The molecular formula is C26H24ClNO2. The highest BCUT2D eigenvalue weighted by Crippen LogP contribution is 2.37. The van der Waals surface area contributed by atoms with Gasteiger partial charge in [-0.25, -0.2) is 0 Å². The van der Waals surface area contributed by atoms with Crippen LogP contribution in [0, 0.1) is 6.92 Å². The number of hydrogen-bond acceptors (Lipinski definition) is 3. The van der Waals surface area contributed by atoms with E-state index in [2.05, 4.69) is 48.6 Å². The van der Waals surface area contributed by atoms with Crippen LogP contribution in [0.5, 0.6) is 11.5 Å². The largest absolute Gasteiger partial charge is 0.493 e. The van der Waals surface area contributed by atoms with Gasteiger partial charge in [0.25, 0.3) is 0 Å². The number of benzene rings is 4. The van der Waals surface area contributed by atoms with E-state index >= 15 is 0 Å². The number of fused-ring (bicyclic) bond motifs is 1. The van der Waals surface area contributed by atoms with Crippen LogP contribution in [0.3, 0.4) is 0 Å². The normalized spacial score (nSPS) is 10.8. The molecule has 0 spiro atoms. The van der Waals surface area contributed by atoms with Crippen molar-refractivity contribution in [2.75, 3.05) is 12.4 Å². The molecule has 0 atom stereocenters. The molecule has 0 radical (unpaired) electrons. The molecule has 4 aromatic rings. The van der Waals surface area contributed by atoms with Crippen molar-refractivity contribution in [2.45, 2.75) is 20.1 Å². The van der Waals surface area contributed by atoms with Gasteiger partial charge in [0.2, 0.25) is 0 Å². The van der Waals surface area contributed by atoms with Gasteiger partial charge in [0.05, 0.1) is 12.1 Å². The third kappa shape index (κ3) is 4.52. The van der Waals surface area contributed by atoms with E-state index in [-0.39, 0.29) is 0 Å². The van der Waals surface area contributed by atoms with Crippen molar-refractivity contribution in [1.82, 2.24) is 0 Å². The molecule has 0 amide bonds. The molecular weight excluding hydrogens is 394 g/mol. The lowest BCUT2D eigenvalue weighted by molar-refractivity contribution is 0.285. The first-order valence-corrected chi connectivity index (χ1v) is 10.3. The fourth-order valence-corrected chi connectivity index (χ4v) is 3.83. The molecule has 0 aromatic heterocycles. The molecule has 0 unspecified atom stereocenters. The molecule has 1 N–H and O–H groups in total. The van der Waals surface area contributed by atoms with E-state index in [0.717, 1.165) is 16.8 Å². The summed E-state index contributed by atoms with van der Waals surface area (Å²) < 4.78 is 11.7. The minimum absolute atomic E-state index is 0.415. The Bertz CT molecular complexity index is 1170. The second kappa shape index (κ2) is 9.10. The van der Waals surface area contributed by atoms with Gasteiger partial charge in [0.15, 0.2) is 11.5 Å². The third-order valence-corrected chi connectivity index (χ3v) is 5.34. The van der Waals surface area contributed by atoms with E-state index in [0.29, 0.717) is 29.7 Å². The molecule has 152 valence electrons. The highest BCUT2D eigenvalue weighted by atomic mass is 35.5. The lowest BCUT2D eigenvalue weighted by Crippen LogP contribution is -2.03. The first-order chi connectivity index (χ1) is 14.6. The van der Waals surface area contributed by atoms with E-state index < -0.39 is 0 Å². The van der Waals surface area contributed by atoms with Crippen LogP contribution >= 0.6 is 11.6 Å². The molecule has 4 rings (SSSR count). The number of aryl methyl sites for hydroxylation is 1. The van der Waals surface area contributed by atoms with Gasteiger partial charge in [-0.1, -0.05) is 66.2 Å². The van der Waals surface area contributed by atoms with Gasteiger partial charge in [-0.15, -0.1) is 0 Å². The summed E-state index contributed by atoms with van der Waals surface area (Å²) in [5.41, 5.74) is 4.42. The average Bonchev–Trinajstić information content (AvgIpc) is 2.76. The zero-order valence-corrected chi connectivity index (χ0v) is 17.9. The molecule has 0 saturated carbocycles. The number of hydrogen-bond donors (Lipinski definition) is 1. The molecule has 0 heterocycles. The first kappa shape index (κ1) is 20.1. The second-order valence-electron chi connectivity index (χ2n) is 7.26. The standard InChI is InChI=1S/C26H24ClNO2/c1-18-7-5-11-22(13-18)28-16-19-14-24(27)26(25(15-19)29-2)30-17-21-10-6-9-20-8-3-4-12-23(20)21/h3-15,28H,16-17H2,1-2H3.